The Morgan fingerprint density at radius 1 is 1.23 bits per heavy atom. The molecular formula is C13H18N4O7P2. The molecule has 0 fully saturated rings. The molecule has 0 saturated heterocycles. The molecule has 1 aromatic heterocycles. The summed E-state index contributed by atoms with van der Waals surface area (Å²) in [6.07, 6.45) is 0. The fourth-order valence-corrected chi connectivity index (χ4v) is 4.47. The van der Waals surface area contributed by atoms with Crippen LogP contribution < -0.4 is 11.1 Å². The predicted octanol–water partition coefficient (Wildman–Crippen LogP) is -0.0957. The van der Waals surface area contributed by atoms with Crippen molar-refractivity contribution in [1.82, 2.24) is 9.88 Å². The van der Waals surface area contributed by atoms with Crippen molar-refractivity contribution in [1.29, 1.82) is 0 Å². The lowest BCUT2D eigenvalue weighted by Crippen LogP contribution is -2.38. The number of aliphatic imine (C=N–C) groups is 1. The summed E-state index contributed by atoms with van der Waals surface area (Å²) in [7, 11) is -8.56. The van der Waals surface area contributed by atoms with Crippen LogP contribution in [-0.2, 0) is 16.2 Å². The number of benzene rings is 1. The summed E-state index contributed by atoms with van der Waals surface area (Å²) < 4.78 is 24.0. The Balaban J connectivity index is 2.17. The lowest BCUT2D eigenvalue weighted by molar-refractivity contribution is 0.0969. The zero-order chi connectivity index (χ0) is 19.7. The second-order valence-corrected chi connectivity index (χ2v) is 9.50. The van der Waals surface area contributed by atoms with Crippen LogP contribution in [0.15, 0.2) is 35.3 Å². The third-order valence-electron chi connectivity index (χ3n) is 3.63. The Hall–Kier alpha value is -2.00. The molecule has 26 heavy (non-hydrogen) atoms. The molecular weight excluding hydrogens is 386 g/mol. The molecule has 142 valence electrons. The van der Waals surface area contributed by atoms with Gasteiger partial charge in [0.05, 0.1) is 6.54 Å². The van der Waals surface area contributed by atoms with Crippen LogP contribution in [0.3, 0.4) is 0 Å². The van der Waals surface area contributed by atoms with E-state index in [-0.39, 0.29) is 5.69 Å². The number of rotatable bonds is 5. The molecule has 0 atom stereocenters. The van der Waals surface area contributed by atoms with Crippen LogP contribution in [0.2, 0.25) is 0 Å². The lowest BCUT2D eigenvalue weighted by atomic mass is 10.2. The minimum atomic E-state index is -5.12. The van der Waals surface area contributed by atoms with E-state index in [4.69, 9.17) is 25.3 Å². The molecule has 0 aliphatic heterocycles. The highest BCUT2D eigenvalue weighted by Crippen LogP contribution is 2.59. The number of aryl methyl sites for hydroxylation is 1. The first kappa shape index (κ1) is 20.3. The van der Waals surface area contributed by atoms with Gasteiger partial charge in [0.2, 0.25) is 0 Å². The smallest absolute Gasteiger partial charge is 0.342 e. The molecule has 11 nitrogen and oxygen atoms in total. The Kier molecular flexibility index (Phi) is 5.72. The Bertz CT molecular complexity index is 937. The van der Waals surface area contributed by atoms with Gasteiger partial charge in [-0.05, 0) is 12.1 Å². The molecule has 0 unspecified atom stereocenters. The number of nitrogens with two attached hydrogens (primary N) is 1. The number of nitrogens with zero attached hydrogens (tertiary/aromatic N) is 2. The van der Waals surface area contributed by atoms with Crippen LogP contribution in [0, 0.1) is 0 Å². The van der Waals surface area contributed by atoms with Crippen LogP contribution in [-0.4, -0.2) is 48.0 Å². The quantitative estimate of drug-likeness (QED) is 0.226. The van der Waals surface area contributed by atoms with Crippen molar-refractivity contribution < 1.29 is 33.5 Å². The van der Waals surface area contributed by atoms with Crippen LogP contribution in [0.5, 0.6) is 0 Å². The maximum absolute atomic E-state index is 12.3. The van der Waals surface area contributed by atoms with E-state index in [1.165, 1.54) is 0 Å². The van der Waals surface area contributed by atoms with E-state index in [0.29, 0.717) is 0 Å². The van der Waals surface area contributed by atoms with Gasteiger partial charge in [0.15, 0.2) is 11.4 Å². The largest absolute Gasteiger partial charge is 0.370 e. The molecule has 2 aromatic rings. The standard InChI is InChI=1S/C13H18N4O7P2/c1-17-9-5-3-2-4-8(9)6-10(17)12(18)16-13(14)15-7-11(25(19,20)21)26(22,23)24/h2-6,11H,7H2,1H3,(H2,19,20,21)(H2,22,23,24)(H3,14,15,16,18). The van der Waals surface area contributed by atoms with Crippen molar-refractivity contribution in [3.63, 3.8) is 0 Å². The van der Waals surface area contributed by atoms with Crippen LogP contribution >= 0.6 is 15.2 Å². The second kappa shape index (κ2) is 7.32. The maximum Gasteiger partial charge on any atom is 0.342 e. The topological polar surface area (TPSA) is 187 Å². The third kappa shape index (κ3) is 4.59. The van der Waals surface area contributed by atoms with Crippen LogP contribution in [0.1, 0.15) is 10.5 Å². The highest BCUT2D eigenvalue weighted by molar-refractivity contribution is 7.70. The minimum absolute atomic E-state index is 0.255. The molecule has 0 spiro atoms. The SMILES string of the molecule is Cn1c(C(=O)NC(N)=NCC(P(=O)(O)O)P(=O)(O)O)cc2ccccc21. The van der Waals surface area contributed by atoms with Crippen molar-refractivity contribution in [3.8, 4) is 0 Å². The van der Waals surface area contributed by atoms with E-state index in [1.807, 2.05) is 24.3 Å². The summed E-state index contributed by atoms with van der Waals surface area (Å²) in [5.41, 5.74) is 6.55. The summed E-state index contributed by atoms with van der Waals surface area (Å²) in [4.78, 5) is 51.8. The van der Waals surface area contributed by atoms with Gasteiger partial charge < -0.3 is 29.9 Å². The number of hydrogen-bond donors (Lipinski definition) is 6. The third-order valence-corrected chi connectivity index (χ3v) is 7.31. The van der Waals surface area contributed by atoms with Gasteiger partial charge in [-0.1, -0.05) is 18.2 Å². The Labute approximate surface area is 147 Å². The lowest BCUT2D eigenvalue weighted by Gasteiger charge is -2.17. The molecule has 1 aromatic carbocycles. The zero-order valence-corrected chi connectivity index (χ0v) is 15.3. The number of amides is 1. The first-order valence-corrected chi connectivity index (χ1v) is 10.5. The number of carbonyl (C=O) groups excluding carboxylic acids is 1. The highest BCUT2D eigenvalue weighted by atomic mass is 31.2. The molecule has 7 N–H and O–H groups in total. The second-order valence-electron chi connectivity index (χ2n) is 5.49. The molecule has 0 aliphatic carbocycles. The molecule has 1 heterocycles. The Morgan fingerprint density at radius 3 is 2.35 bits per heavy atom. The van der Waals surface area contributed by atoms with Gasteiger partial charge in [0, 0.05) is 18.0 Å². The number of carbonyl (C=O) groups is 1. The first-order valence-electron chi connectivity index (χ1n) is 7.17. The minimum Gasteiger partial charge on any atom is -0.370 e. The first-order chi connectivity index (χ1) is 11.9. The van der Waals surface area contributed by atoms with Gasteiger partial charge in [-0.3, -0.25) is 24.2 Å². The van der Waals surface area contributed by atoms with E-state index in [9.17, 15) is 13.9 Å². The number of aromatic nitrogens is 1. The number of para-hydroxylation sites is 1. The van der Waals surface area contributed by atoms with Crippen molar-refractivity contribution >= 4 is 38.0 Å². The van der Waals surface area contributed by atoms with Gasteiger partial charge >= 0.3 is 15.2 Å². The fourth-order valence-electron chi connectivity index (χ4n) is 2.32. The number of fused-ring (bicyclic) bond motifs is 1. The van der Waals surface area contributed by atoms with Crippen LogP contribution in [0.4, 0.5) is 0 Å². The van der Waals surface area contributed by atoms with Crippen LogP contribution in [0.25, 0.3) is 10.9 Å². The maximum atomic E-state index is 12.3. The molecule has 0 aliphatic rings. The normalized spacial score (nSPS) is 13.4. The molecule has 1 amide bonds. The average Bonchev–Trinajstić information content (AvgIpc) is 2.82. The van der Waals surface area contributed by atoms with Gasteiger partial charge in [0.25, 0.3) is 5.91 Å². The highest BCUT2D eigenvalue weighted by Gasteiger charge is 2.43. The van der Waals surface area contributed by atoms with E-state index in [2.05, 4.69) is 10.3 Å². The summed E-state index contributed by atoms with van der Waals surface area (Å²) in [6, 6.07) is 8.86. The predicted molar refractivity (Wildman–Crippen MR) is 94.8 cm³/mol. The molecule has 0 bridgehead atoms. The number of nitrogens with one attached hydrogen (secondary N) is 1. The van der Waals surface area contributed by atoms with Gasteiger partial charge in [-0.15, -0.1) is 0 Å². The number of guanidine groups is 1. The number of hydrogen-bond acceptors (Lipinski definition) is 4. The van der Waals surface area contributed by atoms with E-state index in [0.717, 1.165) is 10.9 Å². The molecule has 0 saturated carbocycles. The van der Waals surface area contributed by atoms with E-state index in [1.54, 1.807) is 17.7 Å². The zero-order valence-electron chi connectivity index (χ0n) is 13.6. The summed E-state index contributed by atoms with van der Waals surface area (Å²) in [5.74, 6) is -1.15. The van der Waals surface area contributed by atoms with Crippen molar-refractivity contribution in [3.05, 3.63) is 36.0 Å². The van der Waals surface area contributed by atoms with Crippen molar-refractivity contribution in [2.24, 2.45) is 17.8 Å². The molecule has 2 rings (SSSR count). The molecule has 13 heteroatoms. The monoisotopic (exact) mass is 404 g/mol. The van der Waals surface area contributed by atoms with E-state index < -0.39 is 39.0 Å². The molecule has 0 radical (unpaired) electrons. The van der Waals surface area contributed by atoms with Gasteiger partial charge in [-0.25, -0.2) is 0 Å². The Morgan fingerprint density at radius 2 is 1.81 bits per heavy atom. The van der Waals surface area contributed by atoms with Crippen molar-refractivity contribution in [2.75, 3.05) is 6.54 Å². The summed E-state index contributed by atoms with van der Waals surface area (Å²) in [5, 5.41) is 0.706. The van der Waals surface area contributed by atoms with E-state index >= 15 is 0 Å². The van der Waals surface area contributed by atoms with Gasteiger partial charge in [0.1, 0.15) is 5.69 Å². The van der Waals surface area contributed by atoms with Crippen molar-refractivity contribution in [2.45, 2.75) is 5.40 Å². The average molecular weight is 404 g/mol. The summed E-state index contributed by atoms with van der Waals surface area (Å²) in [6.45, 7) is -0.949. The summed E-state index contributed by atoms with van der Waals surface area (Å²) >= 11 is 0. The fraction of sp³-hybridized carbons (Fsp3) is 0.231. The van der Waals surface area contributed by atoms with Gasteiger partial charge in [-0.2, -0.15) is 0 Å².